The van der Waals surface area contributed by atoms with Crippen molar-refractivity contribution in [3.63, 3.8) is 0 Å². The Labute approximate surface area is 152 Å². The van der Waals surface area contributed by atoms with Crippen LogP contribution in [0.25, 0.3) is 0 Å². The molecule has 132 valence electrons. The van der Waals surface area contributed by atoms with Gasteiger partial charge in [-0.3, -0.25) is 24.1 Å². The van der Waals surface area contributed by atoms with Crippen molar-refractivity contribution in [3.8, 4) is 0 Å². The summed E-state index contributed by atoms with van der Waals surface area (Å²) >= 11 is 0. The first-order valence-corrected chi connectivity index (χ1v) is 8.66. The maximum atomic E-state index is 12.9. The minimum Gasteiger partial charge on any atom is -0.298 e. The van der Waals surface area contributed by atoms with Gasteiger partial charge in [-0.15, -0.1) is 0 Å². The molecule has 0 aliphatic carbocycles. The number of pyridine rings is 1. The molecule has 3 aromatic rings. The van der Waals surface area contributed by atoms with Gasteiger partial charge in [0.25, 0.3) is 5.56 Å². The molecular formula is C20H21N5O. The predicted molar refractivity (Wildman–Crippen MR) is 101 cm³/mol. The van der Waals surface area contributed by atoms with Gasteiger partial charge in [-0.25, -0.2) is 4.98 Å². The fraction of sp³-hybridized carbons (Fsp3) is 0.250. The van der Waals surface area contributed by atoms with Gasteiger partial charge in [-0.05, 0) is 38.1 Å². The number of para-hydroxylation sites is 1. The number of hydrogen-bond donors (Lipinski definition) is 0. The molecule has 4 rings (SSSR count). The molecule has 0 fully saturated rings. The SMILES string of the molecule is Cc1nc2n(c(=O)c1C)CN(Cc1ccccn1)CN2c1ccccc1. The quantitative estimate of drug-likeness (QED) is 0.729. The monoisotopic (exact) mass is 347 g/mol. The Morgan fingerprint density at radius 1 is 1.00 bits per heavy atom. The Morgan fingerprint density at radius 3 is 2.50 bits per heavy atom. The van der Waals surface area contributed by atoms with E-state index in [4.69, 9.17) is 4.98 Å². The third-order valence-corrected chi connectivity index (χ3v) is 4.72. The van der Waals surface area contributed by atoms with Crippen molar-refractivity contribution < 1.29 is 0 Å². The van der Waals surface area contributed by atoms with Crippen LogP contribution in [0.3, 0.4) is 0 Å². The molecule has 0 unspecified atom stereocenters. The fourth-order valence-corrected chi connectivity index (χ4v) is 3.21. The second-order valence-corrected chi connectivity index (χ2v) is 6.55. The summed E-state index contributed by atoms with van der Waals surface area (Å²) in [5.41, 5.74) is 3.48. The summed E-state index contributed by atoms with van der Waals surface area (Å²) in [6.45, 7) is 5.55. The molecule has 0 bridgehead atoms. The average molecular weight is 347 g/mol. The largest absolute Gasteiger partial charge is 0.298 e. The highest BCUT2D eigenvalue weighted by atomic mass is 16.1. The maximum absolute atomic E-state index is 12.9. The van der Waals surface area contributed by atoms with E-state index in [0.717, 1.165) is 17.1 Å². The lowest BCUT2D eigenvalue weighted by Crippen LogP contribution is -2.47. The van der Waals surface area contributed by atoms with E-state index in [1.807, 2.05) is 62.4 Å². The molecule has 0 saturated heterocycles. The van der Waals surface area contributed by atoms with Crippen molar-refractivity contribution in [2.24, 2.45) is 0 Å². The van der Waals surface area contributed by atoms with E-state index in [1.54, 1.807) is 10.8 Å². The first-order chi connectivity index (χ1) is 12.6. The first kappa shape index (κ1) is 16.5. The lowest BCUT2D eigenvalue weighted by molar-refractivity contribution is 0.187. The highest BCUT2D eigenvalue weighted by Crippen LogP contribution is 2.27. The summed E-state index contributed by atoms with van der Waals surface area (Å²) in [7, 11) is 0. The van der Waals surface area contributed by atoms with Crippen LogP contribution in [0.1, 0.15) is 17.0 Å². The molecule has 0 atom stereocenters. The van der Waals surface area contributed by atoms with Crippen molar-refractivity contribution in [2.75, 3.05) is 11.6 Å². The minimum absolute atomic E-state index is 0.0131. The minimum atomic E-state index is 0.0131. The van der Waals surface area contributed by atoms with Gasteiger partial charge >= 0.3 is 0 Å². The topological polar surface area (TPSA) is 54.3 Å². The van der Waals surface area contributed by atoms with E-state index in [-0.39, 0.29) is 5.56 Å². The van der Waals surface area contributed by atoms with Crippen molar-refractivity contribution in [1.82, 2.24) is 19.4 Å². The molecule has 6 nitrogen and oxygen atoms in total. The number of aromatic nitrogens is 3. The Balaban J connectivity index is 1.78. The zero-order valence-electron chi connectivity index (χ0n) is 15.0. The van der Waals surface area contributed by atoms with Gasteiger partial charge in [0, 0.05) is 29.7 Å². The second-order valence-electron chi connectivity index (χ2n) is 6.55. The van der Waals surface area contributed by atoms with Crippen LogP contribution in [0.2, 0.25) is 0 Å². The van der Waals surface area contributed by atoms with Gasteiger partial charge in [-0.2, -0.15) is 0 Å². The van der Waals surface area contributed by atoms with E-state index in [2.05, 4.69) is 14.8 Å². The summed E-state index contributed by atoms with van der Waals surface area (Å²) in [4.78, 5) is 26.3. The van der Waals surface area contributed by atoms with E-state index in [1.165, 1.54) is 0 Å². The van der Waals surface area contributed by atoms with Crippen LogP contribution in [0.4, 0.5) is 11.6 Å². The molecular weight excluding hydrogens is 326 g/mol. The summed E-state index contributed by atoms with van der Waals surface area (Å²) in [5, 5.41) is 0. The number of fused-ring (bicyclic) bond motifs is 1. The van der Waals surface area contributed by atoms with Gasteiger partial charge in [0.1, 0.15) is 0 Å². The highest BCUT2D eigenvalue weighted by Gasteiger charge is 2.27. The van der Waals surface area contributed by atoms with Crippen LogP contribution < -0.4 is 10.5 Å². The summed E-state index contributed by atoms with van der Waals surface area (Å²) in [5.74, 6) is 0.696. The third-order valence-electron chi connectivity index (χ3n) is 4.72. The lowest BCUT2D eigenvalue weighted by atomic mass is 10.2. The number of nitrogens with zero attached hydrogens (tertiary/aromatic N) is 5. The number of rotatable bonds is 3. The number of benzene rings is 1. The van der Waals surface area contributed by atoms with E-state index < -0.39 is 0 Å². The van der Waals surface area contributed by atoms with Crippen LogP contribution in [-0.4, -0.2) is 26.1 Å². The Morgan fingerprint density at radius 2 is 1.77 bits per heavy atom. The van der Waals surface area contributed by atoms with Crippen LogP contribution >= 0.6 is 0 Å². The molecule has 1 aliphatic heterocycles. The molecule has 1 aliphatic rings. The smallest absolute Gasteiger partial charge is 0.259 e. The van der Waals surface area contributed by atoms with Gasteiger partial charge in [0.05, 0.1) is 19.0 Å². The second kappa shape index (κ2) is 6.72. The lowest BCUT2D eigenvalue weighted by Gasteiger charge is -2.38. The average Bonchev–Trinajstić information content (AvgIpc) is 2.68. The zero-order valence-corrected chi connectivity index (χ0v) is 15.0. The molecule has 6 heteroatoms. The van der Waals surface area contributed by atoms with Crippen molar-refractivity contribution in [3.05, 3.63) is 82.0 Å². The predicted octanol–water partition coefficient (Wildman–Crippen LogP) is 2.82. The van der Waals surface area contributed by atoms with Crippen LogP contribution in [0, 0.1) is 13.8 Å². The molecule has 2 aromatic heterocycles. The normalized spacial score (nSPS) is 14.3. The Hall–Kier alpha value is -2.99. The van der Waals surface area contributed by atoms with Gasteiger partial charge in [-0.1, -0.05) is 24.3 Å². The van der Waals surface area contributed by atoms with Gasteiger partial charge < -0.3 is 0 Å². The van der Waals surface area contributed by atoms with Crippen molar-refractivity contribution in [2.45, 2.75) is 27.1 Å². The van der Waals surface area contributed by atoms with Gasteiger partial charge in [0.15, 0.2) is 0 Å². The molecule has 0 radical (unpaired) electrons. The van der Waals surface area contributed by atoms with E-state index in [9.17, 15) is 4.79 Å². The molecule has 26 heavy (non-hydrogen) atoms. The maximum Gasteiger partial charge on any atom is 0.259 e. The molecule has 0 spiro atoms. The molecule has 0 saturated carbocycles. The highest BCUT2D eigenvalue weighted by molar-refractivity contribution is 5.58. The Kier molecular flexibility index (Phi) is 4.26. The zero-order chi connectivity index (χ0) is 18.1. The summed E-state index contributed by atoms with van der Waals surface area (Å²) in [6, 6.07) is 15.9. The number of hydrogen-bond acceptors (Lipinski definition) is 5. The standard InChI is InChI=1S/C20H21N5O/c1-15-16(2)22-20-24(18-9-4-3-5-10-18)13-23(14-25(20)19(15)26)12-17-8-6-7-11-21-17/h3-11H,12-14H2,1-2H3. The summed E-state index contributed by atoms with van der Waals surface area (Å²) < 4.78 is 1.75. The van der Waals surface area contributed by atoms with Crippen LogP contribution in [-0.2, 0) is 13.2 Å². The molecule has 0 N–H and O–H groups in total. The molecule has 1 aromatic carbocycles. The number of aryl methyl sites for hydroxylation is 1. The summed E-state index contributed by atoms with van der Waals surface area (Å²) in [6.07, 6.45) is 1.80. The third kappa shape index (κ3) is 2.99. The van der Waals surface area contributed by atoms with Crippen LogP contribution in [0.5, 0.6) is 0 Å². The van der Waals surface area contributed by atoms with Crippen molar-refractivity contribution in [1.29, 1.82) is 0 Å². The van der Waals surface area contributed by atoms with Gasteiger partial charge in [0.2, 0.25) is 5.95 Å². The fourth-order valence-electron chi connectivity index (χ4n) is 3.21. The van der Waals surface area contributed by atoms with E-state index in [0.29, 0.717) is 31.4 Å². The van der Waals surface area contributed by atoms with E-state index >= 15 is 0 Å². The number of anilines is 2. The Bertz CT molecular complexity index is 969. The molecule has 0 amide bonds. The van der Waals surface area contributed by atoms with Crippen LogP contribution in [0.15, 0.2) is 59.5 Å². The molecule has 3 heterocycles. The van der Waals surface area contributed by atoms with Crippen molar-refractivity contribution >= 4 is 11.6 Å². The first-order valence-electron chi connectivity index (χ1n) is 8.66.